The van der Waals surface area contributed by atoms with Crippen LogP contribution in [-0.4, -0.2) is 34.7 Å². The maximum atomic E-state index is 10.3. The number of anilines is 1. The largest absolute Gasteiger partial charge is 0.411 e. The molecule has 1 aliphatic carbocycles. The van der Waals surface area contributed by atoms with E-state index in [9.17, 15) is 10.3 Å². The molecule has 0 aromatic heterocycles. The van der Waals surface area contributed by atoms with Crippen molar-refractivity contribution in [3.63, 3.8) is 0 Å². The minimum atomic E-state index is -0.246. The SMILES string of the molecule is O/N=C1/CCCN(C2CCCCC2O)c2ccccc21. The first kappa shape index (κ1) is 13.4. The van der Waals surface area contributed by atoms with Crippen LogP contribution in [0.5, 0.6) is 0 Å². The van der Waals surface area contributed by atoms with Gasteiger partial charge in [0.2, 0.25) is 0 Å². The molecule has 1 heterocycles. The molecule has 0 bridgehead atoms. The highest BCUT2D eigenvalue weighted by atomic mass is 16.4. The monoisotopic (exact) mass is 274 g/mol. The smallest absolute Gasteiger partial charge is 0.0889 e. The summed E-state index contributed by atoms with van der Waals surface area (Å²) < 4.78 is 0. The van der Waals surface area contributed by atoms with Gasteiger partial charge < -0.3 is 15.2 Å². The Labute approximate surface area is 119 Å². The fraction of sp³-hybridized carbons (Fsp3) is 0.562. The lowest BCUT2D eigenvalue weighted by molar-refractivity contribution is 0.104. The summed E-state index contributed by atoms with van der Waals surface area (Å²) in [6, 6.07) is 8.28. The van der Waals surface area contributed by atoms with Gasteiger partial charge in [0, 0.05) is 17.8 Å². The lowest BCUT2D eigenvalue weighted by Crippen LogP contribution is -2.46. The van der Waals surface area contributed by atoms with E-state index in [1.807, 2.05) is 18.2 Å². The molecule has 20 heavy (non-hydrogen) atoms. The van der Waals surface area contributed by atoms with E-state index in [1.54, 1.807) is 0 Å². The first-order chi connectivity index (χ1) is 9.81. The lowest BCUT2D eigenvalue weighted by atomic mass is 9.90. The molecule has 1 aliphatic heterocycles. The highest BCUT2D eigenvalue weighted by Crippen LogP contribution is 2.33. The molecule has 0 saturated heterocycles. The Morgan fingerprint density at radius 3 is 2.70 bits per heavy atom. The van der Waals surface area contributed by atoms with E-state index in [1.165, 1.54) is 6.42 Å². The van der Waals surface area contributed by atoms with Gasteiger partial charge in [0.1, 0.15) is 0 Å². The zero-order valence-corrected chi connectivity index (χ0v) is 11.7. The summed E-state index contributed by atoms with van der Waals surface area (Å²) in [5.74, 6) is 0. The Morgan fingerprint density at radius 1 is 1.10 bits per heavy atom. The van der Waals surface area contributed by atoms with Crippen LogP contribution < -0.4 is 4.90 Å². The van der Waals surface area contributed by atoms with E-state index in [4.69, 9.17) is 0 Å². The minimum absolute atomic E-state index is 0.197. The van der Waals surface area contributed by atoms with Gasteiger partial charge in [-0.25, -0.2) is 0 Å². The van der Waals surface area contributed by atoms with Crippen LogP contribution in [0.25, 0.3) is 0 Å². The summed E-state index contributed by atoms with van der Waals surface area (Å²) in [6.45, 7) is 0.914. The zero-order chi connectivity index (χ0) is 13.9. The molecule has 2 atom stereocenters. The average molecular weight is 274 g/mol. The molecule has 1 aromatic rings. The number of rotatable bonds is 1. The summed E-state index contributed by atoms with van der Waals surface area (Å²) >= 11 is 0. The van der Waals surface area contributed by atoms with Crippen molar-refractivity contribution in [3.8, 4) is 0 Å². The molecule has 108 valence electrons. The molecule has 3 rings (SSSR count). The molecule has 2 unspecified atom stereocenters. The van der Waals surface area contributed by atoms with Crippen molar-refractivity contribution in [2.45, 2.75) is 50.7 Å². The summed E-state index contributed by atoms with van der Waals surface area (Å²) in [6.07, 6.45) is 5.73. The van der Waals surface area contributed by atoms with Crippen molar-refractivity contribution in [2.24, 2.45) is 5.16 Å². The van der Waals surface area contributed by atoms with Crippen LogP contribution >= 0.6 is 0 Å². The molecule has 1 aromatic carbocycles. The van der Waals surface area contributed by atoms with Crippen molar-refractivity contribution in [2.75, 3.05) is 11.4 Å². The van der Waals surface area contributed by atoms with Gasteiger partial charge in [0.15, 0.2) is 0 Å². The van der Waals surface area contributed by atoms with E-state index in [2.05, 4.69) is 16.1 Å². The number of aliphatic hydroxyl groups excluding tert-OH is 1. The molecule has 1 fully saturated rings. The molecule has 0 radical (unpaired) electrons. The second-order valence-electron chi connectivity index (χ2n) is 5.78. The van der Waals surface area contributed by atoms with Crippen molar-refractivity contribution in [3.05, 3.63) is 29.8 Å². The van der Waals surface area contributed by atoms with Crippen LogP contribution in [0.3, 0.4) is 0 Å². The van der Waals surface area contributed by atoms with Crippen molar-refractivity contribution < 1.29 is 10.3 Å². The highest BCUT2D eigenvalue weighted by Gasteiger charge is 2.31. The third-order valence-corrected chi connectivity index (χ3v) is 4.55. The van der Waals surface area contributed by atoms with Crippen LogP contribution in [-0.2, 0) is 0 Å². The van der Waals surface area contributed by atoms with Crippen molar-refractivity contribution in [1.29, 1.82) is 0 Å². The second kappa shape index (κ2) is 5.83. The van der Waals surface area contributed by atoms with Gasteiger partial charge in [0.25, 0.3) is 0 Å². The van der Waals surface area contributed by atoms with Crippen LogP contribution in [0.2, 0.25) is 0 Å². The first-order valence-electron chi connectivity index (χ1n) is 7.56. The Hall–Kier alpha value is -1.55. The van der Waals surface area contributed by atoms with Gasteiger partial charge in [0.05, 0.1) is 17.9 Å². The van der Waals surface area contributed by atoms with Crippen LogP contribution in [0, 0.1) is 0 Å². The summed E-state index contributed by atoms with van der Waals surface area (Å²) in [4.78, 5) is 2.33. The minimum Gasteiger partial charge on any atom is -0.411 e. The van der Waals surface area contributed by atoms with Crippen LogP contribution in [0.4, 0.5) is 5.69 Å². The Balaban J connectivity index is 1.99. The maximum absolute atomic E-state index is 10.3. The molecule has 4 heteroatoms. The zero-order valence-electron chi connectivity index (χ0n) is 11.7. The third-order valence-electron chi connectivity index (χ3n) is 4.55. The van der Waals surface area contributed by atoms with Crippen molar-refractivity contribution in [1.82, 2.24) is 0 Å². The average Bonchev–Trinajstić information content (AvgIpc) is 2.67. The Kier molecular flexibility index (Phi) is 3.92. The fourth-order valence-electron chi connectivity index (χ4n) is 3.54. The Bertz CT molecular complexity index is 501. The number of hydrogen-bond donors (Lipinski definition) is 2. The molecular formula is C16H22N2O2. The number of oxime groups is 1. The predicted octanol–water partition coefficient (Wildman–Crippen LogP) is 2.77. The standard InChI is InChI=1S/C16H22N2O2/c19-16-10-4-3-9-15(16)18-11-5-7-13(17-20)12-6-1-2-8-14(12)18/h1-2,6,8,15-16,19-20H,3-5,7,9-11H2/b17-13-. The van der Waals surface area contributed by atoms with Crippen molar-refractivity contribution >= 4 is 11.4 Å². The maximum Gasteiger partial charge on any atom is 0.0889 e. The number of hydrogen-bond acceptors (Lipinski definition) is 4. The summed E-state index contributed by atoms with van der Waals surface area (Å²) in [5, 5.41) is 23.0. The van der Waals surface area contributed by atoms with Crippen LogP contribution in [0.1, 0.15) is 44.1 Å². The normalized spacial score (nSPS) is 29.1. The number of aliphatic hydroxyl groups is 1. The van der Waals surface area contributed by atoms with Gasteiger partial charge in [-0.2, -0.15) is 0 Å². The second-order valence-corrected chi connectivity index (χ2v) is 5.78. The highest BCUT2D eigenvalue weighted by molar-refractivity contribution is 6.05. The quantitative estimate of drug-likeness (QED) is 0.611. The van der Waals surface area contributed by atoms with E-state index in [0.717, 1.165) is 55.6 Å². The molecule has 2 N–H and O–H groups in total. The molecular weight excluding hydrogens is 252 g/mol. The molecule has 0 spiro atoms. The Morgan fingerprint density at radius 2 is 1.90 bits per heavy atom. The van der Waals surface area contributed by atoms with Gasteiger partial charge in [-0.05, 0) is 31.7 Å². The lowest BCUT2D eigenvalue weighted by Gasteiger charge is -2.39. The van der Waals surface area contributed by atoms with Gasteiger partial charge in [-0.15, -0.1) is 0 Å². The third kappa shape index (κ3) is 2.40. The molecule has 2 aliphatic rings. The van der Waals surface area contributed by atoms with E-state index >= 15 is 0 Å². The number of nitrogens with zero attached hydrogens (tertiary/aromatic N) is 2. The summed E-state index contributed by atoms with van der Waals surface area (Å²) in [5.41, 5.74) is 2.86. The van der Waals surface area contributed by atoms with E-state index in [0.29, 0.717) is 0 Å². The topological polar surface area (TPSA) is 56.1 Å². The van der Waals surface area contributed by atoms with Gasteiger partial charge >= 0.3 is 0 Å². The predicted molar refractivity (Wildman–Crippen MR) is 79.6 cm³/mol. The van der Waals surface area contributed by atoms with Gasteiger partial charge in [-0.1, -0.05) is 36.2 Å². The van der Waals surface area contributed by atoms with E-state index in [-0.39, 0.29) is 12.1 Å². The number of fused-ring (bicyclic) bond motifs is 1. The molecule has 4 nitrogen and oxygen atoms in total. The van der Waals surface area contributed by atoms with Gasteiger partial charge in [-0.3, -0.25) is 0 Å². The number of para-hydroxylation sites is 1. The summed E-state index contributed by atoms with van der Waals surface area (Å²) in [7, 11) is 0. The molecule has 0 amide bonds. The fourth-order valence-corrected chi connectivity index (χ4v) is 3.54. The van der Waals surface area contributed by atoms with E-state index < -0.39 is 0 Å². The first-order valence-corrected chi connectivity index (χ1v) is 7.56. The van der Waals surface area contributed by atoms with Crippen LogP contribution in [0.15, 0.2) is 29.4 Å². The molecule has 1 saturated carbocycles. The number of benzene rings is 1.